The van der Waals surface area contributed by atoms with Crippen molar-refractivity contribution in [3.8, 4) is 68.6 Å². The van der Waals surface area contributed by atoms with Crippen molar-refractivity contribution < 1.29 is 64.9 Å². The molecule has 0 aliphatic rings. The summed E-state index contributed by atoms with van der Waals surface area (Å²) in [5.74, 6) is -3.92. The summed E-state index contributed by atoms with van der Waals surface area (Å²) < 4.78 is 112. The van der Waals surface area contributed by atoms with Gasteiger partial charge in [0.15, 0.2) is 5.82 Å². The maximum atomic E-state index is 15.8. The first-order valence-electron chi connectivity index (χ1n) is 30.2. The van der Waals surface area contributed by atoms with Crippen LogP contribution in [-0.4, -0.2) is 110 Å². The largest absolute Gasteiger partial charge is 0.482 e. The van der Waals surface area contributed by atoms with E-state index in [0.29, 0.717) is 61.2 Å². The molecule has 0 radical (unpaired) electrons. The number of amides is 3. The van der Waals surface area contributed by atoms with Crippen LogP contribution in [0.3, 0.4) is 0 Å². The van der Waals surface area contributed by atoms with Crippen molar-refractivity contribution in [1.29, 1.82) is 0 Å². The molecule has 9 aromatic heterocycles. The standard InChI is InChI=1S/C67H50F4N18O10S/c1-4-93-65(92)80-56-20-10-14-45(74-56)37-96-64-77-50-28-24-42(34-53(50)89(64)61-81-84-85-86(61)3)40-11-7-15-47(32-40)99-67(70,71)60(91)79-55-19-8-12-43(72-55)35-94-62-76-49-27-23-41(33-52(49)87(62)57-29-30-97-82-57)39-21-25-46(26-22-39)98-66(68,69)59(90)78-54-18-9-13-44(73-54)36-95-63-75-48-16-5-6-17-51(48)88(63)58-31-38(2)83-100-58/h5-34H,4,35-37H2,1-3H3,(H,72,79,91)(H,73,78,90)(H,74,80,92). The Morgan fingerprint density at radius 2 is 1.06 bits per heavy atom. The number of alkyl halides is 4. The number of nitrogens with zero attached hydrogens (tertiary/aromatic N) is 15. The molecular formula is C67H50F4N18O10S. The minimum absolute atomic E-state index is 0.0182. The monoisotopic (exact) mass is 1370 g/mol. The van der Waals surface area contributed by atoms with Crippen LogP contribution in [0.2, 0.25) is 0 Å². The molecule has 0 bridgehead atoms. The van der Waals surface area contributed by atoms with Crippen LogP contribution in [0.25, 0.3) is 72.1 Å². The zero-order valence-electron chi connectivity index (χ0n) is 52.4. The van der Waals surface area contributed by atoms with E-state index in [4.69, 9.17) is 32.9 Å². The van der Waals surface area contributed by atoms with E-state index in [1.54, 1.807) is 102 Å². The number of ether oxygens (including phenoxy) is 6. The lowest BCUT2D eigenvalue weighted by Gasteiger charge is -2.18. The van der Waals surface area contributed by atoms with Gasteiger partial charge in [0.05, 0.1) is 62.5 Å². The fourth-order valence-electron chi connectivity index (χ4n) is 10.4. The molecule has 100 heavy (non-hydrogen) atoms. The van der Waals surface area contributed by atoms with Crippen molar-refractivity contribution in [3.63, 3.8) is 0 Å². The highest BCUT2D eigenvalue weighted by molar-refractivity contribution is 7.08. The molecule has 14 rings (SSSR count). The molecule has 33 heteroatoms. The van der Waals surface area contributed by atoms with Gasteiger partial charge in [0.25, 0.3) is 5.95 Å². The van der Waals surface area contributed by atoms with Gasteiger partial charge >= 0.3 is 48.2 Å². The number of nitrogens with one attached hydrogen (secondary N) is 3. The molecule has 502 valence electrons. The highest BCUT2D eigenvalue weighted by Gasteiger charge is 2.44. The van der Waals surface area contributed by atoms with Gasteiger partial charge in [-0.05, 0) is 161 Å². The third kappa shape index (κ3) is 13.8. The average molecular weight is 1380 g/mol. The third-order valence-electron chi connectivity index (χ3n) is 14.9. The molecule has 14 aromatic rings. The minimum Gasteiger partial charge on any atom is -0.458 e. The molecule has 9 heterocycles. The maximum Gasteiger partial charge on any atom is 0.482 e. The number of hydrogen-bond acceptors (Lipinski definition) is 22. The number of para-hydroxylation sites is 2. The number of fused-ring (bicyclic) bond motifs is 3. The molecule has 0 spiro atoms. The van der Waals surface area contributed by atoms with Gasteiger partial charge in [0, 0.05) is 13.1 Å². The highest BCUT2D eigenvalue weighted by Crippen LogP contribution is 2.36. The Labute approximate surface area is 564 Å². The predicted octanol–water partition coefficient (Wildman–Crippen LogP) is 12.0. The predicted molar refractivity (Wildman–Crippen MR) is 352 cm³/mol. The first-order chi connectivity index (χ1) is 48.5. The Hall–Kier alpha value is -13.2. The van der Waals surface area contributed by atoms with Crippen LogP contribution in [0.5, 0.6) is 29.5 Å². The van der Waals surface area contributed by atoms with E-state index in [9.17, 15) is 14.4 Å². The molecule has 5 aromatic carbocycles. The van der Waals surface area contributed by atoms with Gasteiger partial charge in [-0.1, -0.05) is 77.0 Å². The molecule has 0 aliphatic heterocycles. The van der Waals surface area contributed by atoms with Crippen LogP contribution in [0.1, 0.15) is 29.7 Å². The maximum absolute atomic E-state index is 15.8. The number of halogens is 4. The molecule has 3 N–H and O–H groups in total. The number of anilines is 3. The number of imidazole rings is 3. The average Bonchev–Trinajstić information content (AvgIpc) is 1.62. The number of aryl methyl sites for hydroxylation is 2. The van der Waals surface area contributed by atoms with Crippen LogP contribution in [0.15, 0.2) is 187 Å². The van der Waals surface area contributed by atoms with E-state index >= 15 is 17.6 Å². The van der Waals surface area contributed by atoms with Gasteiger partial charge in [-0.3, -0.25) is 19.5 Å². The van der Waals surface area contributed by atoms with Gasteiger partial charge < -0.3 is 43.6 Å². The van der Waals surface area contributed by atoms with Crippen LogP contribution < -0.4 is 39.6 Å². The van der Waals surface area contributed by atoms with Crippen LogP contribution in [0, 0.1) is 6.92 Å². The van der Waals surface area contributed by atoms with Crippen molar-refractivity contribution in [3.05, 3.63) is 205 Å². The zero-order chi connectivity index (χ0) is 69.1. The number of benzene rings is 5. The van der Waals surface area contributed by atoms with E-state index in [2.05, 4.69) is 70.9 Å². The topological polar surface area (TPSA) is 317 Å². The second kappa shape index (κ2) is 27.1. The van der Waals surface area contributed by atoms with Crippen LogP contribution in [-0.2, 0) is 41.2 Å². The molecule has 0 unspecified atom stereocenters. The number of rotatable bonds is 24. The summed E-state index contributed by atoms with van der Waals surface area (Å²) in [5.41, 5.74) is 7.26. The summed E-state index contributed by atoms with van der Waals surface area (Å²) in [6.45, 7) is 3.27. The van der Waals surface area contributed by atoms with Crippen molar-refractivity contribution in [1.82, 2.24) is 73.3 Å². The van der Waals surface area contributed by atoms with Gasteiger partial charge in [0.1, 0.15) is 60.0 Å². The number of carbonyl (C=O) groups is 3. The zero-order valence-corrected chi connectivity index (χ0v) is 53.2. The lowest BCUT2D eigenvalue weighted by atomic mass is 10.0. The number of pyridine rings is 3. The van der Waals surface area contributed by atoms with Crippen LogP contribution >= 0.6 is 11.5 Å². The van der Waals surface area contributed by atoms with E-state index in [0.717, 1.165) is 16.2 Å². The fraction of sp³-hybridized carbons (Fsp3) is 0.134. The Balaban J connectivity index is 0.608. The first kappa shape index (κ1) is 64.2. The van der Waals surface area contributed by atoms with Crippen molar-refractivity contribution in [2.24, 2.45) is 7.05 Å². The van der Waals surface area contributed by atoms with Gasteiger partial charge in [-0.2, -0.15) is 36.9 Å². The van der Waals surface area contributed by atoms with Gasteiger partial charge in [0.2, 0.25) is 0 Å². The Kier molecular flexibility index (Phi) is 17.4. The number of aromatic nitrogens is 15. The molecule has 0 aliphatic carbocycles. The molecular weight excluding hydrogens is 1320 g/mol. The van der Waals surface area contributed by atoms with Crippen molar-refractivity contribution in [2.45, 2.75) is 45.9 Å². The quantitative estimate of drug-likeness (QED) is 0.0473. The Morgan fingerprint density at radius 3 is 1.63 bits per heavy atom. The van der Waals surface area contributed by atoms with Gasteiger partial charge in [-0.25, -0.2) is 33.6 Å². The molecule has 0 saturated carbocycles. The summed E-state index contributed by atoms with van der Waals surface area (Å²) in [4.78, 5) is 65.3. The molecule has 0 atom stereocenters. The third-order valence-corrected chi connectivity index (χ3v) is 15.8. The van der Waals surface area contributed by atoms with E-state index in [1.165, 1.54) is 89.2 Å². The summed E-state index contributed by atoms with van der Waals surface area (Å²) >= 11 is 1.28. The number of tetrazole rings is 1. The first-order valence-corrected chi connectivity index (χ1v) is 31.0. The normalized spacial score (nSPS) is 11.6. The SMILES string of the molecule is CCOC(=O)Nc1cccc(COc2nc3ccc(-c4cccc(OC(F)(F)C(=O)Nc5cccc(COc6nc7ccc(-c8ccc(OC(F)(F)C(=O)Nc9cccc(COc%10nc%11ccccc%11n%10-c%10cc(C)ns%10)n9)cc8)cc7n6-c6ccon6)n5)c4)cc3n2-c2nnnn2C)n1. The van der Waals surface area contributed by atoms with Gasteiger partial charge in [-0.15, -0.1) is 0 Å². The summed E-state index contributed by atoms with van der Waals surface area (Å²) in [7, 11) is 1.62. The van der Waals surface area contributed by atoms with Crippen molar-refractivity contribution >= 4 is 80.0 Å². The molecule has 28 nitrogen and oxygen atoms in total. The Morgan fingerprint density at radius 1 is 0.530 bits per heavy atom. The van der Waals surface area contributed by atoms with Crippen LogP contribution in [0.4, 0.5) is 39.8 Å². The smallest absolute Gasteiger partial charge is 0.458 e. The number of hydrogen-bond donors (Lipinski definition) is 3. The summed E-state index contributed by atoms with van der Waals surface area (Å²) in [5, 5.41) is 23.6. The molecule has 0 fully saturated rings. The lowest BCUT2D eigenvalue weighted by molar-refractivity contribution is -0.187. The summed E-state index contributed by atoms with van der Waals surface area (Å²) in [6, 6.07) is 46.8. The molecule has 3 amide bonds. The second-order valence-electron chi connectivity index (χ2n) is 21.8. The second-order valence-corrected chi connectivity index (χ2v) is 22.6. The number of carbonyl (C=O) groups excluding carboxylic acids is 3. The Bertz CT molecular complexity index is 5370. The molecule has 0 saturated heterocycles. The van der Waals surface area contributed by atoms with Crippen molar-refractivity contribution in [2.75, 3.05) is 22.6 Å². The van der Waals surface area contributed by atoms with E-state index < -0.39 is 30.1 Å². The van der Waals surface area contributed by atoms with E-state index in [-0.39, 0.29) is 90.9 Å². The lowest BCUT2D eigenvalue weighted by Crippen LogP contribution is -2.40. The fourth-order valence-corrected chi connectivity index (χ4v) is 11.1. The highest BCUT2D eigenvalue weighted by atomic mass is 32.1. The minimum atomic E-state index is -4.41. The summed E-state index contributed by atoms with van der Waals surface area (Å²) in [6.07, 6.45) is -8.07. The van der Waals surface area contributed by atoms with E-state index in [1.807, 2.05) is 41.8 Å².